The number of aromatic nitrogens is 1. The Balaban J connectivity index is 2.13. The van der Waals surface area contributed by atoms with Crippen molar-refractivity contribution in [3.63, 3.8) is 0 Å². The van der Waals surface area contributed by atoms with Crippen LogP contribution < -0.4 is 5.32 Å². The first kappa shape index (κ1) is 8.14. The topological polar surface area (TPSA) is 27.8 Å². The van der Waals surface area contributed by atoms with E-state index >= 15 is 0 Å². The highest BCUT2D eigenvalue weighted by Gasteiger charge is 2.17. The van der Waals surface area contributed by atoms with Crippen molar-refractivity contribution in [1.82, 2.24) is 10.3 Å². The third-order valence-electron chi connectivity index (χ3n) is 2.41. The zero-order valence-electron chi connectivity index (χ0n) is 6.94. The van der Waals surface area contributed by atoms with E-state index in [0.717, 1.165) is 11.6 Å². The second-order valence-electron chi connectivity index (χ2n) is 3.26. The molecule has 0 aromatic carbocycles. The number of hydrogen-bond donors (Lipinski definition) is 2. The molecule has 1 aromatic heterocycles. The first-order chi connectivity index (χ1) is 5.88. The lowest BCUT2D eigenvalue weighted by Crippen LogP contribution is -2.26. The van der Waals surface area contributed by atoms with Crippen LogP contribution in [0.4, 0.5) is 0 Å². The quantitative estimate of drug-likeness (QED) is 0.690. The molecule has 1 aromatic rings. The van der Waals surface area contributed by atoms with Crippen LogP contribution in [0.15, 0.2) is 12.4 Å². The summed E-state index contributed by atoms with van der Waals surface area (Å²) in [7, 11) is 0. The van der Waals surface area contributed by atoms with E-state index in [2.05, 4.69) is 10.3 Å². The lowest BCUT2D eigenvalue weighted by Gasteiger charge is -2.22. The van der Waals surface area contributed by atoms with Crippen molar-refractivity contribution in [2.45, 2.75) is 25.3 Å². The van der Waals surface area contributed by atoms with E-state index in [9.17, 15) is 0 Å². The Hall–Kier alpha value is -0.470. The van der Waals surface area contributed by atoms with Gasteiger partial charge in [0.1, 0.15) is 0 Å². The zero-order chi connectivity index (χ0) is 8.39. The van der Waals surface area contributed by atoms with Crippen LogP contribution >= 0.6 is 11.6 Å². The van der Waals surface area contributed by atoms with Crippen molar-refractivity contribution < 1.29 is 0 Å². The lowest BCUT2D eigenvalue weighted by atomic mass is 10.00. The Morgan fingerprint density at radius 2 is 2.25 bits per heavy atom. The smallest absolute Gasteiger partial charge is 0.0628 e. The average molecular weight is 185 g/mol. The summed E-state index contributed by atoms with van der Waals surface area (Å²) >= 11 is 6.00. The summed E-state index contributed by atoms with van der Waals surface area (Å²) in [6.45, 7) is 1.12. The van der Waals surface area contributed by atoms with Gasteiger partial charge in [-0.1, -0.05) is 18.0 Å². The van der Waals surface area contributed by atoms with Crippen LogP contribution in [0.2, 0.25) is 5.02 Å². The molecule has 0 unspecified atom stereocenters. The summed E-state index contributed by atoms with van der Waals surface area (Å²) in [6.07, 6.45) is 7.63. The largest absolute Gasteiger partial charge is 0.366 e. The molecule has 0 aliphatic carbocycles. The third-order valence-corrected chi connectivity index (χ3v) is 2.74. The van der Waals surface area contributed by atoms with Gasteiger partial charge in [-0.25, -0.2) is 0 Å². The number of rotatable bonds is 1. The highest BCUT2D eigenvalue weighted by Crippen LogP contribution is 2.28. The van der Waals surface area contributed by atoms with E-state index in [1.807, 2.05) is 12.4 Å². The molecular weight excluding hydrogens is 172 g/mol. The van der Waals surface area contributed by atoms with E-state index in [1.54, 1.807) is 0 Å². The summed E-state index contributed by atoms with van der Waals surface area (Å²) < 4.78 is 0. The van der Waals surface area contributed by atoms with Gasteiger partial charge in [0, 0.05) is 24.0 Å². The minimum absolute atomic E-state index is 0.470. The van der Waals surface area contributed by atoms with Crippen LogP contribution in [0.25, 0.3) is 0 Å². The molecule has 0 amide bonds. The third kappa shape index (κ3) is 1.50. The molecule has 2 N–H and O–H groups in total. The maximum Gasteiger partial charge on any atom is 0.0628 e. The molecule has 1 aliphatic rings. The minimum Gasteiger partial charge on any atom is -0.366 e. The predicted octanol–water partition coefficient (Wildman–Crippen LogP) is 2.48. The molecule has 2 heterocycles. The van der Waals surface area contributed by atoms with E-state index in [0.29, 0.717) is 6.04 Å². The van der Waals surface area contributed by atoms with Crippen molar-refractivity contribution in [3.05, 3.63) is 23.0 Å². The van der Waals surface area contributed by atoms with Crippen molar-refractivity contribution in [3.8, 4) is 0 Å². The summed E-state index contributed by atoms with van der Waals surface area (Å²) in [4.78, 5) is 3.02. The molecule has 12 heavy (non-hydrogen) atoms. The molecule has 1 saturated heterocycles. The number of H-pyrrole nitrogens is 1. The number of hydrogen-bond acceptors (Lipinski definition) is 1. The van der Waals surface area contributed by atoms with Gasteiger partial charge in [-0.15, -0.1) is 0 Å². The fraction of sp³-hybridized carbons (Fsp3) is 0.556. The summed E-state index contributed by atoms with van der Waals surface area (Å²) in [5, 5.41) is 4.31. The molecule has 1 atom stereocenters. The number of nitrogens with one attached hydrogen (secondary N) is 2. The Labute approximate surface area is 77.3 Å². The van der Waals surface area contributed by atoms with Gasteiger partial charge in [0.05, 0.1) is 5.02 Å². The average Bonchev–Trinajstić information content (AvgIpc) is 2.53. The summed E-state index contributed by atoms with van der Waals surface area (Å²) in [5.74, 6) is 0. The molecule has 0 saturated carbocycles. The normalized spacial score (nSPS) is 24.2. The molecule has 2 rings (SSSR count). The van der Waals surface area contributed by atoms with Crippen LogP contribution in [0.1, 0.15) is 30.9 Å². The molecular formula is C9H13ClN2. The van der Waals surface area contributed by atoms with E-state index < -0.39 is 0 Å². The fourth-order valence-corrected chi connectivity index (χ4v) is 1.99. The molecule has 1 fully saturated rings. The van der Waals surface area contributed by atoms with Crippen LogP contribution in [-0.2, 0) is 0 Å². The SMILES string of the molecule is Clc1c[nH]cc1[C@@H]1CCCCN1. The number of halogens is 1. The zero-order valence-corrected chi connectivity index (χ0v) is 7.69. The van der Waals surface area contributed by atoms with Crippen LogP contribution in [0, 0.1) is 0 Å². The number of piperidine rings is 1. The van der Waals surface area contributed by atoms with Gasteiger partial charge in [0.2, 0.25) is 0 Å². The van der Waals surface area contributed by atoms with Crippen molar-refractivity contribution in [2.75, 3.05) is 6.54 Å². The molecule has 0 spiro atoms. The first-order valence-corrected chi connectivity index (χ1v) is 4.81. The lowest BCUT2D eigenvalue weighted by molar-refractivity contribution is 0.412. The van der Waals surface area contributed by atoms with Crippen LogP contribution in [0.5, 0.6) is 0 Å². The van der Waals surface area contributed by atoms with E-state index in [4.69, 9.17) is 11.6 Å². The highest BCUT2D eigenvalue weighted by atomic mass is 35.5. The van der Waals surface area contributed by atoms with Gasteiger partial charge in [-0.3, -0.25) is 0 Å². The van der Waals surface area contributed by atoms with Gasteiger partial charge in [0.15, 0.2) is 0 Å². The molecule has 66 valence electrons. The Bertz CT molecular complexity index is 251. The standard InChI is InChI=1S/C9H13ClN2/c10-8-6-11-5-7(8)9-3-1-2-4-12-9/h5-6,9,11-12H,1-4H2/t9-/m0/s1. The predicted molar refractivity (Wildman–Crippen MR) is 50.4 cm³/mol. The second-order valence-corrected chi connectivity index (χ2v) is 3.67. The van der Waals surface area contributed by atoms with Crippen LogP contribution in [0.3, 0.4) is 0 Å². The minimum atomic E-state index is 0.470. The van der Waals surface area contributed by atoms with E-state index in [1.165, 1.54) is 24.8 Å². The first-order valence-electron chi connectivity index (χ1n) is 4.43. The fourth-order valence-electron chi connectivity index (χ4n) is 1.74. The van der Waals surface area contributed by atoms with Crippen molar-refractivity contribution in [1.29, 1.82) is 0 Å². The van der Waals surface area contributed by atoms with Gasteiger partial charge >= 0.3 is 0 Å². The van der Waals surface area contributed by atoms with Gasteiger partial charge in [-0.05, 0) is 19.4 Å². The monoisotopic (exact) mass is 184 g/mol. The van der Waals surface area contributed by atoms with Gasteiger partial charge in [-0.2, -0.15) is 0 Å². The van der Waals surface area contributed by atoms with Crippen LogP contribution in [-0.4, -0.2) is 11.5 Å². The van der Waals surface area contributed by atoms with E-state index in [-0.39, 0.29) is 0 Å². The Kier molecular flexibility index (Phi) is 2.38. The molecule has 3 heteroatoms. The Morgan fingerprint density at radius 1 is 1.33 bits per heavy atom. The van der Waals surface area contributed by atoms with Gasteiger partial charge in [0.25, 0.3) is 0 Å². The Morgan fingerprint density at radius 3 is 2.83 bits per heavy atom. The van der Waals surface area contributed by atoms with Crippen molar-refractivity contribution in [2.24, 2.45) is 0 Å². The summed E-state index contributed by atoms with van der Waals surface area (Å²) in [5.41, 5.74) is 1.22. The maximum atomic E-state index is 6.00. The molecule has 2 nitrogen and oxygen atoms in total. The molecule has 0 bridgehead atoms. The molecule has 0 radical (unpaired) electrons. The second kappa shape index (κ2) is 3.50. The summed E-state index contributed by atoms with van der Waals surface area (Å²) in [6, 6.07) is 0.470. The highest BCUT2D eigenvalue weighted by molar-refractivity contribution is 6.31. The van der Waals surface area contributed by atoms with Crippen molar-refractivity contribution >= 4 is 11.6 Å². The maximum absolute atomic E-state index is 6.00. The number of aromatic amines is 1. The molecule has 1 aliphatic heterocycles. The van der Waals surface area contributed by atoms with Gasteiger partial charge < -0.3 is 10.3 Å².